The fourth-order valence-electron chi connectivity index (χ4n) is 5.44. The van der Waals surface area contributed by atoms with E-state index in [0.29, 0.717) is 34.3 Å². The number of anilines is 1. The van der Waals surface area contributed by atoms with E-state index < -0.39 is 0 Å². The third-order valence-corrected chi connectivity index (χ3v) is 7.85. The molecule has 37 heavy (non-hydrogen) atoms. The normalized spacial score (nSPS) is 24.7. The molecule has 0 radical (unpaired) electrons. The van der Waals surface area contributed by atoms with E-state index in [1.54, 1.807) is 28.2 Å². The largest absolute Gasteiger partial charge is 0.349 e. The molecular formula is C27H28N8O2. The minimum atomic E-state index is -0.227. The van der Waals surface area contributed by atoms with E-state index in [2.05, 4.69) is 26.5 Å². The first-order valence-corrected chi connectivity index (χ1v) is 12.7. The molecule has 0 bridgehead atoms. The van der Waals surface area contributed by atoms with Gasteiger partial charge in [-0.2, -0.15) is 10.4 Å². The van der Waals surface area contributed by atoms with Crippen LogP contribution >= 0.6 is 0 Å². The summed E-state index contributed by atoms with van der Waals surface area (Å²) in [6, 6.07) is 5.68. The number of aryl methyl sites for hydroxylation is 2. The number of aromatic nitrogens is 5. The van der Waals surface area contributed by atoms with Crippen molar-refractivity contribution in [3.05, 3.63) is 64.6 Å². The van der Waals surface area contributed by atoms with Crippen LogP contribution in [0.25, 0.3) is 0 Å². The van der Waals surface area contributed by atoms with E-state index >= 15 is 0 Å². The molecule has 10 heteroatoms. The maximum atomic E-state index is 12.8. The standard InChI is InChI=1S/C27H28N8O2/c1-14-4-5-17(9-28)24(31-14)18-6-21(7-18)33-26(36)20-10-30-35(13-20)16(3)23-11-29-25(15(2)32-23)34-12-19-8-22(19)27(34)37/h4-5,10-11,13,16,18-19,21-22H,6-8,12H2,1-3H3,(H,33,36)/t16?,18?,19-,21?,22-/m1/s1. The van der Waals surface area contributed by atoms with Crippen LogP contribution in [0.4, 0.5) is 5.82 Å². The molecule has 1 unspecified atom stereocenters. The summed E-state index contributed by atoms with van der Waals surface area (Å²) in [5.41, 5.74) is 4.22. The van der Waals surface area contributed by atoms with E-state index in [9.17, 15) is 14.9 Å². The van der Waals surface area contributed by atoms with Gasteiger partial charge in [0.1, 0.15) is 6.07 Å². The van der Waals surface area contributed by atoms with Gasteiger partial charge in [-0.3, -0.25) is 29.1 Å². The third kappa shape index (κ3) is 4.14. The van der Waals surface area contributed by atoms with Crippen LogP contribution in [0.15, 0.2) is 30.7 Å². The Balaban J connectivity index is 1.08. The molecule has 3 aliphatic rings. The smallest absolute Gasteiger partial charge is 0.254 e. The Morgan fingerprint density at radius 2 is 2.00 bits per heavy atom. The van der Waals surface area contributed by atoms with Crippen molar-refractivity contribution in [2.75, 3.05) is 11.4 Å². The number of carbonyl (C=O) groups excluding carboxylic acids is 2. The summed E-state index contributed by atoms with van der Waals surface area (Å²) in [5, 5.41) is 16.8. The number of carbonyl (C=O) groups is 2. The molecule has 6 rings (SSSR count). The Labute approximate surface area is 214 Å². The first kappa shape index (κ1) is 23.3. The van der Waals surface area contributed by atoms with Crippen molar-refractivity contribution in [3.63, 3.8) is 0 Å². The average Bonchev–Trinajstić information content (AvgIpc) is 3.32. The topological polar surface area (TPSA) is 130 Å². The van der Waals surface area contributed by atoms with Gasteiger partial charge in [0.05, 0.1) is 46.6 Å². The Hall–Kier alpha value is -4.13. The number of nitrogens with zero attached hydrogens (tertiary/aromatic N) is 7. The number of nitriles is 1. The number of hydrogen-bond donors (Lipinski definition) is 1. The molecular weight excluding hydrogens is 468 g/mol. The van der Waals surface area contributed by atoms with Gasteiger partial charge in [-0.25, -0.2) is 4.98 Å². The first-order valence-electron chi connectivity index (χ1n) is 12.7. The summed E-state index contributed by atoms with van der Waals surface area (Å²) in [5.74, 6) is 1.44. The van der Waals surface area contributed by atoms with Crippen LogP contribution in [0, 0.1) is 37.0 Å². The van der Waals surface area contributed by atoms with Gasteiger partial charge in [0.25, 0.3) is 5.91 Å². The molecule has 2 saturated carbocycles. The number of amides is 2. The fraction of sp³-hybridized carbons (Fsp3) is 0.444. The van der Waals surface area contributed by atoms with Crippen LogP contribution < -0.4 is 10.2 Å². The second-order valence-corrected chi connectivity index (χ2v) is 10.5. The number of piperidine rings is 1. The molecule has 3 aromatic heterocycles. The van der Waals surface area contributed by atoms with Gasteiger partial charge in [-0.15, -0.1) is 0 Å². The SMILES string of the molecule is Cc1ccc(C#N)c(C2CC(NC(=O)c3cnn(C(C)c4cnc(N5C[C@H]6C[C@H]6C5=O)c(C)n4)c3)C2)n1. The lowest BCUT2D eigenvalue weighted by Crippen LogP contribution is -2.43. The van der Waals surface area contributed by atoms with Crippen LogP contribution in [-0.4, -0.2) is 49.1 Å². The summed E-state index contributed by atoms with van der Waals surface area (Å²) < 4.78 is 1.70. The third-order valence-electron chi connectivity index (χ3n) is 7.85. The van der Waals surface area contributed by atoms with E-state index in [-0.39, 0.29) is 35.7 Å². The first-order chi connectivity index (χ1) is 17.8. The van der Waals surface area contributed by atoms with E-state index in [4.69, 9.17) is 4.98 Å². The highest BCUT2D eigenvalue weighted by atomic mass is 16.2. The second kappa shape index (κ2) is 8.76. The molecule has 3 atom stereocenters. The molecule has 1 N–H and O–H groups in total. The highest BCUT2D eigenvalue weighted by Crippen LogP contribution is 2.47. The van der Waals surface area contributed by atoms with Crippen molar-refractivity contribution in [1.82, 2.24) is 30.0 Å². The Morgan fingerprint density at radius 3 is 2.70 bits per heavy atom. The van der Waals surface area contributed by atoms with Crippen molar-refractivity contribution >= 4 is 17.6 Å². The highest BCUT2D eigenvalue weighted by Gasteiger charge is 2.53. The van der Waals surface area contributed by atoms with Crippen molar-refractivity contribution in [1.29, 1.82) is 5.26 Å². The average molecular weight is 497 g/mol. The van der Waals surface area contributed by atoms with Crippen molar-refractivity contribution in [2.45, 2.75) is 58.0 Å². The molecule has 188 valence electrons. The molecule has 3 fully saturated rings. The molecule has 0 aromatic carbocycles. The highest BCUT2D eigenvalue weighted by molar-refractivity contribution is 5.99. The lowest BCUT2D eigenvalue weighted by Gasteiger charge is -2.35. The minimum absolute atomic E-state index is 0.0347. The molecule has 1 saturated heterocycles. The Kier molecular flexibility index (Phi) is 5.51. The summed E-state index contributed by atoms with van der Waals surface area (Å²) in [7, 11) is 0. The summed E-state index contributed by atoms with van der Waals surface area (Å²) in [6.45, 7) is 6.47. The lowest BCUT2D eigenvalue weighted by molar-refractivity contribution is -0.118. The van der Waals surface area contributed by atoms with E-state index in [0.717, 1.165) is 37.2 Å². The Bertz CT molecular complexity index is 1450. The monoisotopic (exact) mass is 496 g/mol. The van der Waals surface area contributed by atoms with Gasteiger partial charge in [-0.1, -0.05) is 0 Å². The number of nitrogens with one attached hydrogen (secondary N) is 1. The second-order valence-electron chi connectivity index (χ2n) is 10.5. The summed E-state index contributed by atoms with van der Waals surface area (Å²) in [6.07, 6.45) is 7.47. The molecule has 0 spiro atoms. The maximum Gasteiger partial charge on any atom is 0.254 e. The van der Waals surface area contributed by atoms with Gasteiger partial charge in [0.15, 0.2) is 5.82 Å². The zero-order valence-electron chi connectivity index (χ0n) is 21.0. The quantitative estimate of drug-likeness (QED) is 0.555. The van der Waals surface area contributed by atoms with Gasteiger partial charge in [0, 0.05) is 36.3 Å². The van der Waals surface area contributed by atoms with Gasteiger partial charge >= 0.3 is 0 Å². The molecule has 2 aliphatic carbocycles. The van der Waals surface area contributed by atoms with Gasteiger partial charge in [-0.05, 0) is 58.1 Å². The zero-order chi connectivity index (χ0) is 25.8. The molecule has 3 aromatic rings. The van der Waals surface area contributed by atoms with E-state index in [1.807, 2.05) is 32.9 Å². The Morgan fingerprint density at radius 1 is 1.19 bits per heavy atom. The molecule has 2 amide bonds. The van der Waals surface area contributed by atoms with E-state index in [1.165, 1.54) is 0 Å². The van der Waals surface area contributed by atoms with Crippen LogP contribution in [0.5, 0.6) is 0 Å². The van der Waals surface area contributed by atoms with Crippen LogP contribution in [0.1, 0.15) is 76.8 Å². The van der Waals surface area contributed by atoms with Crippen molar-refractivity contribution in [2.24, 2.45) is 11.8 Å². The number of fused-ring (bicyclic) bond motifs is 1. The van der Waals surface area contributed by atoms with Gasteiger partial charge in [0.2, 0.25) is 5.91 Å². The van der Waals surface area contributed by atoms with Crippen molar-refractivity contribution in [3.8, 4) is 6.07 Å². The number of rotatable bonds is 6. The summed E-state index contributed by atoms with van der Waals surface area (Å²) in [4.78, 5) is 40.9. The van der Waals surface area contributed by atoms with Gasteiger partial charge < -0.3 is 5.32 Å². The maximum absolute atomic E-state index is 12.8. The molecule has 1 aliphatic heterocycles. The fourth-order valence-corrected chi connectivity index (χ4v) is 5.44. The summed E-state index contributed by atoms with van der Waals surface area (Å²) >= 11 is 0. The lowest BCUT2D eigenvalue weighted by atomic mass is 9.76. The molecule has 4 heterocycles. The van der Waals surface area contributed by atoms with Crippen LogP contribution in [-0.2, 0) is 4.79 Å². The van der Waals surface area contributed by atoms with Crippen molar-refractivity contribution < 1.29 is 9.59 Å². The zero-order valence-corrected chi connectivity index (χ0v) is 21.0. The predicted octanol–water partition coefficient (Wildman–Crippen LogP) is 2.82. The predicted molar refractivity (Wildman–Crippen MR) is 134 cm³/mol. The van der Waals surface area contributed by atoms with Crippen LogP contribution in [0.2, 0.25) is 0 Å². The van der Waals surface area contributed by atoms with Crippen LogP contribution in [0.3, 0.4) is 0 Å². The minimum Gasteiger partial charge on any atom is -0.349 e. The number of hydrogen-bond acceptors (Lipinski definition) is 7. The number of pyridine rings is 1. The molecule has 10 nitrogen and oxygen atoms in total.